The van der Waals surface area contributed by atoms with Crippen molar-refractivity contribution in [3.05, 3.63) is 22.5 Å². The van der Waals surface area contributed by atoms with Crippen LogP contribution in [0.5, 0.6) is 0 Å². The quantitative estimate of drug-likeness (QED) is 0.855. The maximum absolute atomic E-state index is 9.04. The van der Waals surface area contributed by atoms with Crippen LogP contribution in [-0.2, 0) is 6.54 Å². The van der Waals surface area contributed by atoms with Gasteiger partial charge in [-0.1, -0.05) is 13.8 Å². The Kier molecular flexibility index (Phi) is 4.28. The molecule has 0 aliphatic rings. The second kappa shape index (κ2) is 5.61. The van der Waals surface area contributed by atoms with Crippen molar-refractivity contribution in [2.45, 2.75) is 40.7 Å². The van der Waals surface area contributed by atoms with E-state index in [4.69, 9.17) is 5.11 Å². The fourth-order valence-corrected chi connectivity index (χ4v) is 3.22. The Labute approximate surface area is 118 Å². The maximum atomic E-state index is 9.04. The number of fused-ring (bicyclic) bond motifs is 1. The van der Waals surface area contributed by atoms with E-state index in [-0.39, 0.29) is 12.0 Å². The number of nitrogens with zero attached hydrogens (tertiary/aromatic N) is 2. The zero-order chi connectivity index (χ0) is 14.0. The summed E-state index contributed by atoms with van der Waals surface area (Å²) in [6.07, 6.45) is 0.818. The molecule has 2 aromatic rings. The van der Waals surface area contributed by atoms with Gasteiger partial charge in [-0.2, -0.15) is 0 Å². The Bertz CT molecular complexity index is 556. The molecule has 0 aromatic carbocycles. The molecule has 0 spiro atoms. The van der Waals surface area contributed by atoms with Gasteiger partial charge in [-0.3, -0.25) is 4.40 Å². The van der Waals surface area contributed by atoms with Gasteiger partial charge in [0.05, 0.1) is 11.4 Å². The molecule has 2 heterocycles. The molecule has 0 bridgehead atoms. The van der Waals surface area contributed by atoms with Crippen LogP contribution in [0.1, 0.15) is 37.4 Å². The molecule has 0 radical (unpaired) electrons. The molecule has 19 heavy (non-hydrogen) atoms. The van der Waals surface area contributed by atoms with Crippen LogP contribution in [0, 0.1) is 19.3 Å². The van der Waals surface area contributed by atoms with E-state index in [9.17, 15) is 0 Å². The van der Waals surface area contributed by atoms with Crippen LogP contribution in [0.2, 0.25) is 0 Å². The molecule has 2 aromatic heterocycles. The van der Waals surface area contributed by atoms with Gasteiger partial charge in [0.25, 0.3) is 0 Å². The Morgan fingerprint density at radius 3 is 2.84 bits per heavy atom. The molecule has 0 fully saturated rings. The zero-order valence-electron chi connectivity index (χ0n) is 12.2. The minimum Gasteiger partial charge on any atom is -0.396 e. The van der Waals surface area contributed by atoms with E-state index in [1.54, 1.807) is 11.3 Å². The maximum Gasteiger partial charge on any atom is 0.194 e. The first kappa shape index (κ1) is 14.5. The average molecular weight is 281 g/mol. The van der Waals surface area contributed by atoms with Gasteiger partial charge < -0.3 is 10.4 Å². The molecule has 2 rings (SSSR count). The molecule has 0 amide bonds. The van der Waals surface area contributed by atoms with E-state index in [1.807, 2.05) is 0 Å². The van der Waals surface area contributed by atoms with Gasteiger partial charge in [0.2, 0.25) is 0 Å². The predicted octanol–water partition coefficient (Wildman–Crippen LogP) is 2.51. The standard InChI is InChI=1S/C14H23N3OS/c1-10-8-19-13-16-11(2)12(17(10)13)7-15-9-14(3,4)5-6-18/h8,15,18H,5-7,9H2,1-4H3. The van der Waals surface area contributed by atoms with Crippen molar-refractivity contribution in [2.75, 3.05) is 13.2 Å². The third-order valence-electron chi connectivity index (χ3n) is 3.51. The fraction of sp³-hybridized carbons (Fsp3) is 0.643. The largest absolute Gasteiger partial charge is 0.396 e. The first-order valence-corrected chi connectivity index (χ1v) is 7.56. The Morgan fingerprint density at radius 2 is 2.16 bits per heavy atom. The molecular weight excluding hydrogens is 258 g/mol. The number of aromatic nitrogens is 2. The Morgan fingerprint density at radius 1 is 1.42 bits per heavy atom. The molecule has 0 aliphatic heterocycles. The number of hydrogen-bond acceptors (Lipinski definition) is 4. The van der Waals surface area contributed by atoms with Crippen LogP contribution < -0.4 is 5.32 Å². The van der Waals surface area contributed by atoms with Crippen molar-refractivity contribution in [1.82, 2.24) is 14.7 Å². The summed E-state index contributed by atoms with van der Waals surface area (Å²) in [6.45, 7) is 10.5. The summed E-state index contributed by atoms with van der Waals surface area (Å²) in [5.74, 6) is 0. The molecule has 106 valence electrons. The lowest BCUT2D eigenvalue weighted by Gasteiger charge is -2.24. The average Bonchev–Trinajstić information content (AvgIpc) is 2.80. The first-order valence-electron chi connectivity index (χ1n) is 6.68. The lowest BCUT2D eigenvalue weighted by Crippen LogP contribution is -2.30. The molecule has 0 atom stereocenters. The van der Waals surface area contributed by atoms with Crippen LogP contribution in [0.25, 0.3) is 4.96 Å². The second-order valence-electron chi connectivity index (χ2n) is 5.88. The number of aliphatic hydroxyl groups excluding tert-OH is 1. The highest BCUT2D eigenvalue weighted by molar-refractivity contribution is 7.15. The van der Waals surface area contributed by atoms with E-state index in [0.29, 0.717) is 0 Å². The summed E-state index contributed by atoms with van der Waals surface area (Å²) >= 11 is 1.69. The van der Waals surface area contributed by atoms with Crippen LogP contribution in [0.3, 0.4) is 0 Å². The molecule has 2 N–H and O–H groups in total. The van der Waals surface area contributed by atoms with E-state index in [1.165, 1.54) is 11.4 Å². The van der Waals surface area contributed by atoms with Gasteiger partial charge in [0, 0.05) is 30.8 Å². The number of aliphatic hydroxyl groups is 1. The van der Waals surface area contributed by atoms with Crippen molar-refractivity contribution in [3.8, 4) is 0 Å². The topological polar surface area (TPSA) is 49.6 Å². The number of rotatable bonds is 6. The van der Waals surface area contributed by atoms with Crippen molar-refractivity contribution < 1.29 is 5.11 Å². The molecular formula is C14H23N3OS. The number of thiazole rings is 1. The monoisotopic (exact) mass is 281 g/mol. The fourth-order valence-electron chi connectivity index (χ4n) is 2.29. The third-order valence-corrected chi connectivity index (χ3v) is 4.46. The summed E-state index contributed by atoms with van der Waals surface area (Å²) in [4.78, 5) is 5.66. The van der Waals surface area contributed by atoms with E-state index in [2.05, 4.69) is 47.8 Å². The molecule has 5 heteroatoms. The van der Waals surface area contributed by atoms with Gasteiger partial charge in [-0.15, -0.1) is 11.3 Å². The van der Waals surface area contributed by atoms with Crippen LogP contribution >= 0.6 is 11.3 Å². The molecule has 0 unspecified atom stereocenters. The number of nitrogens with one attached hydrogen (secondary N) is 1. The first-order chi connectivity index (χ1) is 8.94. The van der Waals surface area contributed by atoms with Crippen molar-refractivity contribution >= 4 is 16.3 Å². The van der Waals surface area contributed by atoms with Gasteiger partial charge >= 0.3 is 0 Å². The third kappa shape index (κ3) is 3.16. The van der Waals surface area contributed by atoms with E-state index < -0.39 is 0 Å². The SMILES string of the molecule is Cc1nc2scc(C)n2c1CNCC(C)(C)CCO. The molecule has 0 aliphatic carbocycles. The number of hydrogen-bond donors (Lipinski definition) is 2. The minimum atomic E-state index is 0.121. The van der Waals surface area contributed by atoms with Gasteiger partial charge in [0.15, 0.2) is 4.96 Å². The highest BCUT2D eigenvalue weighted by atomic mass is 32.1. The second-order valence-corrected chi connectivity index (χ2v) is 6.72. The summed E-state index contributed by atoms with van der Waals surface area (Å²) in [7, 11) is 0. The van der Waals surface area contributed by atoms with Gasteiger partial charge in [-0.25, -0.2) is 4.98 Å². The van der Waals surface area contributed by atoms with Gasteiger partial charge in [-0.05, 0) is 25.7 Å². The van der Waals surface area contributed by atoms with E-state index >= 15 is 0 Å². The van der Waals surface area contributed by atoms with Crippen molar-refractivity contribution in [1.29, 1.82) is 0 Å². The summed E-state index contributed by atoms with van der Waals surface area (Å²) in [6, 6.07) is 0. The highest BCUT2D eigenvalue weighted by Gasteiger charge is 2.17. The molecule has 0 saturated heterocycles. The number of imidazole rings is 1. The lowest BCUT2D eigenvalue weighted by atomic mass is 9.90. The van der Waals surface area contributed by atoms with Gasteiger partial charge in [0.1, 0.15) is 0 Å². The van der Waals surface area contributed by atoms with Crippen molar-refractivity contribution in [3.63, 3.8) is 0 Å². The molecule has 4 nitrogen and oxygen atoms in total. The normalized spacial score (nSPS) is 12.5. The lowest BCUT2D eigenvalue weighted by molar-refractivity contribution is 0.207. The van der Waals surface area contributed by atoms with Crippen LogP contribution in [0.15, 0.2) is 5.38 Å². The van der Waals surface area contributed by atoms with Crippen LogP contribution in [0.4, 0.5) is 0 Å². The summed E-state index contributed by atoms with van der Waals surface area (Å²) in [5, 5.41) is 14.7. The zero-order valence-corrected chi connectivity index (χ0v) is 13.0. The predicted molar refractivity (Wildman–Crippen MR) is 79.7 cm³/mol. The summed E-state index contributed by atoms with van der Waals surface area (Å²) in [5.41, 5.74) is 3.71. The molecule has 0 saturated carbocycles. The van der Waals surface area contributed by atoms with Crippen LogP contribution in [-0.4, -0.2) is 27.6 Å². The number of aryl methyl sites for hydroxylation is 2. The highest BCUT2D eigenvalue weighted by Crippen LogP contribution is 2.21. The Hall–Kier alpha value is -0.910. The van der Waals surface area contributed by atoms with E-state index in [0.717, 1.165) is 30.2 Å². The smallest absolute Gasteiger partial charge is 0.194 e. The Balaban J connectivity index is 2.05. The summed E-state index contributed by atoms with van der Waals surface area (Å²) < 4.78 is 2.23. The van der Waals surface area contributed by atoms with Crippen molar-refractivity contribution in [2.24, 2.45) is 5.41 Å². The minimum absolute atomic E-state index is 0.121.